The zero-order valence-electron chi connectivity index (χ0n) is 11.3. The summed E-state index contributed by atoms with van der Waals surface area (Å²) >= 11 is 11.2. The minimum atomic E-state index is 0.203. The van der Waals surface area contributed by atoms with Gasteiger partial charge in [-0.05, 0) is 60.9 Å². The number of hydrogen-bond donors (Lipinski definition) is 1. The second-order valence-corrected chi connectivity index (χ2v) is 7.15. The van der Waals surface area contributed by atoms with E-state index in [0.717, 1.165) is 22.3 Å². The number of nitrogens with two attached hydrogens (primary N) is 1. The van der Waals surface area contributed by atoms with E-state index in [0.29, 0.717) is 0 Å². The van der Waals surface area contributed by atoms with Gasteiger partial charge in [-0.1, -0.05) is 46.2 Å². The van der Waals surface area contributed by atoms with E-state index < -0.39 is 0 Å². The van der Waals surface area contributed by atoms with Crippen LogP contribution in [0.25, 0.3) is 0 Å². The van der Waals surface area contributed by atoms with E-state index in [2.05, 4.69) is 41.1 Å². The number of halogens is 2. The van der Waals surface area contributed by atoms with Crippen LogP contribution in [0.15, 0.2) is 56.7 Å². The predicted molar refractivity (Wildman–Crippen MR) is 91.7 cm³/mol. The first-order chi connectivity index (χ1) is 9.58. The molecule has 0 heterocycles. The molecule has 0 aliphatic heterocycles. The number of rotatable bonds is 5. The normalized spacial score (nSPS) is 12.4. The van der Waals surface area contributed by atoms with Crippen molar-refractivity contribution < 1.29 is 0 Å². The van der Waals surface area contributed by atoms with Gasteiger partial charge >= 0.3 is 0 Å². The minimum Gasteiger partial charge on any atom is -0.327 e. The monoisotopic (exact) mass is 369 g/mol. The van der Waals surface area contributed by atoms with Crippen molar-refractivity contribution in [2.45, 2.75) is 35.6 Å². The van der Waals surface area contributed by atoms with Gasteiger partial charge in [-0.15, -0.1) is 0 Å². The maximum Gasteiger partial charge on any atom is 0.0406 e. The van der Waals surface area contributed by atoms with Gasteiger partial charge in [0.05, 0.1) is 0 Å². The third-order valence-corrected chi connectivity index (χ3v) is 4.94. The summed E-state index contributed by atoms with van der Waals surface area (Å²) in [6.07, 6.45) is 1.88. The Hall–Kier alpha value is -0.480. The van der Waals surface area contributed by atoms with E-state index in [1.165, 1.54) is 15.4 Å². The van der Waals surface area contributed by atoms with Crippen LogP contribution in [0.1, 0.15) is 18.9 Å². The summed E-state index contributed by atoms with van der Waals surface area (Å²) in [4.78, 5) is 2.43. The highest BCUT2D eigenvalue weighted by Gasteiger charge is 2.09. The van der Waals surface area contributed by atoms with Crippen molar-refractivity contribution in [2.75, 3.05) is 0 Å². The third-order valence-electron chi connectivity index (χ3n) is 3.07. The van der Waals surface area contributed by atoms with Gasteiger partial charge in [-0.2, -0.15) is 0 Å². The van der Waals surface area contributed by atoms with Crippen LogP contribution in [-0.4, -0.2) is 6.04 Å². The first kappa shape index (κ1) is 15.9. The maximum atomic E-state index is 6.10. The smallest absolute Gasteiger partial charge is 0.0406 e. The summed E-state index contributed by atoms with van der Waals surface area (Å²) in [7, 11) is 0. The maximum absolute atomic E-state index is 6.10. The average Bonchev–Trinajstić information content (AvgIpc) is 2.44. The highest BCUT2D eigenvalue weighted by molar-refractivity contribution is 9.10. The summed E-state index contributed by atoms with van der Waals surface area (Å²) in [6.45, 7) is 2.12. The van der Waals surface area contributed by atoms with Gasteiger partial charge in [0, 0.05) is 25.3 Å². The molecule has 0 aromatic heterocycles. The van der Waals surface area contributed by atoms with Crippen LogP contribution in [-0.2, 0) is 6.42 Å². The Morgan fingerprint density at radius 3 is 2.55 bits per heavy atom. The van der Waals surface area contributed by atoms with Crippen molar-refractivity contribution in [1.29, 1.82) is 0 Å². The van der Waals surface area contributed by atoms with Crippen molar-refractivity contribution in [2.24, 2.45) is 5.73 Å². The largest absolute Gasteiger partial charge is 0.327 e. The molecule has 1 nitrogen and oxygen atoms in total. The lowest BCUT2D eigenvalue weighted by Crippen LogP contribution is -2.21. The molecule has 2 aromatic carbocycles. The van der Waals surface area contributed by atoms with E-state index in [-0.39, 0.29) is 6.04 Å². The molecular weight excluding hydrogens is 354 g/mol. The SMILES string of the molecule is CCC(N)Cc1cc(Br)ccc1Sc1ccc(Cl)cc1. The van der Waals surface area contributed by atoms with Gasteiger partial charge in [-0.3, -0.25) is 0 Å². The Morgan fingerprint density at radius 1 is 1.20 bits per heavy atom. The fourth-order valence-corrected chi connectivity index (χ4v) is 3.33. The molecule has 106 valence electrons. The van der Waals surface area contributed by atoms with E-state index >= 15 is 0 Å². The Balaban J connectivity index is 2.23. The molecule has 0 saturated heterocycles. The van der Waals surface area contributed by atoms with Gasteiger partial charge in [0.1, 0.15) is 0 Å². The molecule has 2 N–H and O–H groups in total. The molecule has 0 spiro atoms. The average molecular weight is 371 g/mol. The number of hydrogen-bond acceptors (Lipinski definition) is 2. The van der Waals surface area contributed by atoms with Gasteiger partial charge in [0.15, 0.2) is 0 Å². The van der Waals surface area contributed by atoms with E-state index in [1.54, 1.807) is 11.8 Å². The van der Waals surface area contributed by atoms with Crippen molar-refractivity contribution in [3.05, 3.63) is 57.5 Å². The number of benzene rings is 2. The second-order valence-electron chi connectivity index (χ2n) is 4.68. The van der Waals surface area contributed by atoms with Gasteiger partial charge in [0.25, 0.3) is 0 Å². The van der Waals surface area contributed by atoms with Crippen molar-refractivity contribution in [3.8, 4) is 0 Å². The molecule has 0 amide bonds. The van der Waals surface area contributed by atoms with Crippen LogP contribution >= 0.6 is 39.3 Å². The van der Waals surface area contributed by atoms with Gasteiger partial charge in [-0.25, -0.2) is 0 Å². The summed E-state index contributed by atoms with van der Waals surface area (Å²) < 4.78 is 1.09. The molecule has 1 atom stereocenters. The molecule has 1 unspecified atom stereocenters. The molecular formula is C16H17BrClNS. The molecule has 0 fully saturated rings. The highest BCUT2D eigenvalue weighted by Crippen LogP contribution is 2.33. The summed E-state index contributed by atoms with van der Waals surface area (Å²) in [5, 5.41) is 0.762. The molecule has 0 radical (unpaired) electrons. The molecule has 0 bridgehead atoms. The molecule has 0 saturated carbocycles. The fourth-order valence-electron chi connectivity index (χ4n) is 1.86. The standard InChI is InChI=1S/C16H17BrClNS/c1-2-14(19)10-11-9-12(17)3-8-16(11)20-15-6-4-13(18)5-7-15/h3-9,14H,2,10,19H2,1H3. The van der Waals surface area contributed by atoms with E-state index in [1.807, 2.05) is 24.3 Å². The van der Waals surface area contributed by atoms with E-state index in [9.17, 15) is 0 Å². The van der Waals surface area contributed by atoms with Crippen LogP contribution in [0.2, 0.25) is 5.02 Å². The lowest BCUT2D eigenvalue weighted by Gasteiger charge is -2.13. The molecule has 2 rings (SSSR count). The molecule has 2 aromatic rings. The fraction of sp³-hybridized carbons (Fsp3) is 0.250. The lowest BCUT2D eigenvalue weighted by molar-refractivity contribution is 0.641. The van der Waals surface area contributed by atoms with Crippen LogP contribution in [0.4, 0.5) is 0 Å². The lowest BCUT2D eigenvalue weighted by atomic mass is 10.1. The Labute approximate surface area is 138 Å². The minimum absolute atomic E-state index is 0.203. The van der Waals surface area contributed by atoms with Crippen LogP contribution in [0, 0.1) is 0 Å². The van der Waals surface area contributed by atoms with Crippen molar-refractivity contribution >= 4 is 39.3 Å². The summed E-state index contributed by atoms with van der Waals surface area (Å²) in [6, 6.07) is 14.5. The molecule has 4 heteroatoms. The Bertz CT molecular complexity index is 571. The summed E-state index contributed by atoms with van der Waals surface area (Å²) in [5.41, 5.74) is 7.38. The van der Waals surface area contributed by atoms with Crippen molar-refractivity contribution in [3.63, 3.8) is 0 Å². The predicted octanol–water partition coefficient (Wildman–Crippen LogP) is 5.53. The second kappa shape index (κ2) is 7.51. The highest BCUT2D eigenvalue weighted by atomic mass is 79.9. The zero-order valence-corrected chi connectivity index (χ0v) is 14.4. The summed E-state index contributed by atoms with van der Waals surface area (Å²) in [5.74, 6) is 0. The van der Waals surface area contributed by atoms with Crippen LogP contribution in [0.3, 0.4) is 0 Å². The van der Waals surface area contributed by atoms with Gasteiger partial charge in [0.2, 0.25) is 0 Å². The van der Waals surface area contributed by atoms with Crippen LogP contribution < -0.4 is 5.73 Å². The molecule has 20 heavy (non-hydrogen) atoms. The van der Waals surface area contributed by atoms with E-state index in [4.69, 9.17) is 17.3 Å². The Kier molecular flexibility index (Phi) is 5.97. The first-order valence-corrected chi connectivity index (χ1v) is 8.54. The van der Waals surface area contributed by atoms with Gasteiger partial charge < -0.3 is 5.73 Å². The molecule has 0 aliphatic rings. The third kappa shape index (κ3) is 4.52. The zero-order chi connectivity index (χ0) is 14.5. The quantitative estimate of drug-likeness (QED) is 0.748. The molecule has 0 aliphatic carbocycles. The first-order valence-electron chi connectivity index (χ1n) is 6.56. The Morgan fingerprint density at radius 2 is 1.90 bits per heavy atom. The van der Waals surface area contributed by atoms with Crippen molar-refractivity contribution in [1.82, 2.24) is 0 Å². The topological polar surface area (TPSA) is 26.0 Å². The van der Waals surface area contributed by atoms with Crippen LogP contribution in [0.5, 0.6) is 0 Å².